The third-order valence-corrected chi connectivity index (χ3v) is 3.94. The van der Waals surface area contributed by atoms with Crippen molar-refractivity contribution in [1.82, 2.24) is 5.32 Å². The molecule has 0 saturated carbocycles. The average molecular weight is 322 g/mol. The first kappa shape index (κ1) is 15.9. The van der Waals surface area contributed by atoms with Crippen LogP contribution in [-0.2, 0) is 17.8 Å². The van der Waals surface area contributed by atoms with Crippen molar-refractivity contribution in [3.05, 3.63) is 69.2 Å². The summed E-state index contributed by atoms with van der Waals surface area (Å²) < 4.78 is 0. The van der Waals surface area contributed by atoms with Crippen LogP contribution < -0.4 is 5.32 Å². The minimum Gasteiger partial charge on any atom is -0.352 e. The first-order valence-corrected chi connectivity index (χ1v) is 7.56. The Morgan fingerprint density at radius 2 is 1.71 bits per heavy atom. The number of nitrogens with one attached hydrogen (secondary N) is 1. The highest BCUT2D eigenvalue weighted by Gasteiger charge is 2.04. The number of hydrogen-bond acceptors (Lipinski definition) is 1. The van der Waals surface area contributed by atoms with Crippen LogP contribution in [0, 0.1) is 6.92 Å². The topological polar surface area (TPSA) is 29.1 Å². The van der Waals surface area contributed by atoms with Crippen molar-refractivity contribution in [2.45, 2.75) is 26.3 Å². The van der Waals surface area contributed by atoms with Crippen molar-refractivity contribution < 1.29 is 4.79 Å². The second kappa shape index (κ2) is 7.48. The van der Waals surface area contributed by atoms with Crippen LogP contribution in [0.3, 0.4) is 0 Å². The van der Waals surface area contributed by atoms with Crippen molar-refractivity contribution in [2.24, 2.45) is 0 Å². The molecule has 0 aliphatic heterocycles. The van der Waals surface area contributed by atoms with Gasteiger partial charge in [0, 0.05) is 23.0 Å². The monoisotopic (exact) mass is 321 g/mol. The Balaban J connectivity index is 1.79. The summed E-state index contributed by atoms with van der Waals surface area (Å²) in [6.45, 7) is 2.48. The zero-order valence-electron chi connectivity index (χ0n) is 11.8. The average Bonchev–Trinajstić information content (AvgIpc) is 2.48. The van der Waals surface area contributed by atoms with Gasteiger partial charge < -0.3 is 5.32 Å². The van der Waals surface area contributed by atoms with Gasteiger partial charge in [-0.3, -0.25) is 4.79 Å². The summed E-state index contributed by atoms with van der Waals surface area (Å²) >= 11 is 11.9. The van der Waals surface area contributed by atoms with Crippen molar-refractivity contribution in [3.63, 3.8) is 0 Å². The van der Waals surface area contributed by atoms with E-state index in [-0.39, 0.29) is 5.91 Å². The molecule has 21 heavy (non-hydrogen) atoms. The molecule has 0 unspecified atom stereocenters. The molecular formula is C17H17Cl2NO. The number of aryl methyl sites for hydroxylation is 2. The number of rotatable bonds is 5. The van der Waals surface area contributed by atoms with Crippen molar-refractivity contribution in [2.75, 3.05) is 0 Å². The highest BCUT2D eigenvalue weighted by Crippen LogP contribution is 2.17. The maximum absolute atomic E-state index is 11.8. The van der Waals surface area contributed by atoms with Crippen LogP contribution in [0.5, 0.6) is 0 Å². The molecule has 0 radical (unpaired) electrons. The molecule has 0 saturated heterocycles. The first-order chi connectivity index (χ1) is 10.0. The quantitative estimate of drug-likeness (QED) is 0.859. The summed E-state index contributed by atoms with van der Waals surface area (Å²) in [5.74, 6) is 0.0293. The molecule has 0 aliphatic carbocycles. The van der Waals surface area contributed by atoms with Gasteiger partial charge >= 0.3 is 0 Å². The third kappa shape index (κ3) is 5.07. The largest absolute Gasteiger partial charge is 0.352 e. The van der Waals surface area contributed by atoms with Gasteiger partial charge in [0.1, 0.15) is 0 Å². The summed E-state index contributed by atoms with van der Waals surface area (Å²) in [6.07, 6.45) is 1.14. The zero-order chi connectivity index (χ0) is 15.2. The van der Waals surface area contributed by atoms with Gasteiger partial charge in [-0.25, -0.2) is 0 Å². The molecule has 0 aromatic heterocycles. The van der Waals surface area contributed by atoms with E-state index in [4.69, 9.17) is 23.2 Å². The molecule has 2 nitrogen and oxygen atoms in total. The number of benzene rings is 2. The van der Waals surface area contributed by atoms with E-state index < -0.39 is 0 Å². The zero-order valence-corrected chi connectivity index (χ0v) is 13.3. The molecular weight excluding hydrogens is 305 g/mol. The van der Waals surface area contributed by atoms with E-state index >= 15 is 0 Å². The standard InChI is InChI=1S/C17H17Cl2NO/c1-12-2-3-13(10-16(12)19)6-9-17(21)20-11-14-4-7-15(18)8-5-14/h2-5,7-8,10H,6,9,11H2,1H3,(H,20,21). The number of carbonyl (C=O) groups is 1. The Kier molecular flexibility index (Phi) is 5.66. The highest BCUT2D eigenvalue weighted by molar-refractivity contribution is 6.31. The summed E-state index contributed by atoms with van der Waals surface area (Å²) in [5, 5.41) is 4.34. The minimum absolute atomic E-state index is 0.0293. The highest BCUT2D eigenvalue weighted by atomic mass is 35.5. The second-order valence-corrected chi connectivity index (χ2v) is 5.83. The second-order valence-electron chi connectivity index (χ2n) is 4.99. The number of halogens is 2. The third-order valence-electron chi connectivity index (χ3n) is 3.28. The molecule has 0 spiro atoms. The molecule has 2 aromatic rings. The fraction of sp³-hybridized carbons (Fsp3) is 0.235. The van der Waals surface area contributed by atoms with E-state index in [9.17, 15) is 4.79 Å². The van der Waals surface area contributed by atoms with E-state index in [1.54, 1.807) is 0 Å². The molecule has 110 valence electrons. The minimum atomic E-state index is 0.0293. The van der Waals surface area contributed by atoms with E-state index in [0.717, 1.165) is 21.7 Å². The van der Waals surface area contributed by atoms with Crippen LogP contribution in [0.1, 0.15) is 23.1 Å². The summed E-state index contributed by atoms with van der Waals surface area (Å²) in [5.41, 5.74) is 3.16. The Morgan fingerprint density at radius 1 is 1.05 bits per heavy atom. The fourth-order valence-electron chi connectivity index (χ4n) is 1.94. The predicted octanol–water partition coefficient (Wildman–Crippen LogP) is 4.55. The maximum atomic E-state index is 11.8. The molecule has 0 bridgehead atoms. The summed E-state index contributed by atoms with van der Waals surface area (Å²) in [4.78, 5) is 11.8. The molecule has 1 N–H and O–H groups in total. The number of hydrogen-bond donors (Lipinski definition) is 1. The van der Waals surface area contributed by atoms with Crippen molar-refractivity contribution in [1.29, 1.82) is 0 Å². The van der Waals surface area contributed by atoms with E-state index in [1.807, 2.05) is 49.4 Å². The smallest absolute Gasteiger partial charge is 0.220 e. The fourth-order valence-corrected chi connectivity index (χ4v) is 2.27. The molecule has 0 atom stereocenters. The van der Waals surface area contributed by atoms with E-state index in [1.165, 1.54) is 0 Å². The van der Waals surface area contributed by atoms with Gasteiger partial charge in [0.25, 0.3) is 0 Å². The molecule has 0 fully saturated rings. The lowest BCUT2D eigenvalue weighted by Crippen LogP contribution is -2.22. The van der Waals surface area contributed by atoms with Crippen molar-refractivity contribution >= 4 is 29.1 Å². The number of carbonyl (C=O) groups excluding carboxylic acids is 1. The predicted molar refractivity (Wildman–Crippen MR) is 87.8 cm³/mol. The molecule has 4 heteroatoms. The van der Waals surface area contributed by atoms with Gasteiger partial charge in [0.15, 0.2) is 0 Å². The van der Waals surface area contributed by atoms with Crippen LogP contribution in [0.4, 0.5) is 0 Å². The molecule has 2 aromatic carbocycles. The van der Waals surface area contributed by atoms with Crippen LogP contribution in [0.15, 0.2) is 42.5 Å². The molecule has 2 rings (SSSR count). The van der Waals surface area contributed by atoms with Gasteiger partial charge in [-0.05, 0) is 48.2 Å². The molecule has 0 heterocycles. The Morgan fingerprint density at radius 3 is 2.38 bits per heavy atom. The van der Waals surface area contributed by atoms with Crippen LogP contribution in [0.2, 0.25) is 10.0 Å². The Bertz CT molecular complexity index is 623. The van der Waals surface area contributed by atoms with Gasteiger partial charge in [0.05, 0.1) is 0 Å². The van der Waals surface area contributed by atoms with Crippen LogP contribution in [-0.4, -0.2) is 5.91 Å². The summed E-state index contributed by atoms with van der Waals surface area (Å²) in [7, 11) is 0. The number of amides is 1. The van der Waals surface area contributed by atoms with Crippen molar-refractivity contribution in [3.8, 4) is 0 Å². The molecule has 0 aliphatic rings. The van der Waals surface area contributed by atoms with Crippen LogP contribution in [0.25, 0.3) is 0 Å². The lowest BCUT2D eigenvalue weighted by Gasteiger charge is -2.07. The van der Waals surface area contributed by atoms with Gasteiger partial charge in [-0.15, -0.1) is 0 Å². The molecule has 1 amide bonds. The van der Waals surface area contributed by atoms with Gasteiger partial charge in [-0.2, -0.15) is 0 Å². The SMILES string of the molecule is Cc1ccc(CCC(=O)NCc2ccc(Cl)cc2)cc1Cl. The lowest BCUT2D eigenvalue weighted by molar-refractivity contribution is -0.121. The maximum Gasteiger partial charge on any atom is 0.220 e. The van der Waals surface area contributed by atoms with E-state index in [0.29, 0.717) is 24.4 Å². The first-order valence-electron chi connectivity index (χ1n) is 6.81. The van der Waals surface area contributed by atoms with Gasteiger partial charge in [-0.1, -0.05) is 47.5 Å². The van der Waals surface area contributed by atoms with E-state index in [2.05, 4.69) is 5.32 Å². The normalized spacial score (nSPS) is 10.4. The Labute approximate surface area is 135 Å². The lowest BCUT2D eigenvalue weighted by atomic mass is 10.1. The summed E-state index contributed by atoms with van der Waals surface area (Å²) in [6, 6.07) is 13.3. The Hall–Kier alpha value is -1.51. The van der Waals surface area contributed by atoms with Crippen LogP contribution >= 0.6 is 23.2 Å². The van der Waals surface area contributed by atoms with Gasteiger partial charge in [0.2, 0.25) is 5.91 Å².